The average Bonchev–Trinajstić information content (AvgIpc) is 3.04. The first-order chi connectivity index (χ1) is 12.6. The smallest absolute Gasteiger partial charge is 0.227 e. The molecule has 1 fully saturated rings. The summed E-state index contributed by atoms with van der Waals surface area (Å²) >= 11 is 0. The molecule has 0 atom stereocenters. The molecule has 1 heterocycles. The molecule has 1 aliphatic rings. The van der Waals surface area contributed by atoms with Gasteiger partial charge in [-0.25, -0.2) is 0 Å². The summed E-state index contributed by atoms with van der Waals surface area (Å²) in [5.41, 5.74) is 3.55. The molecule has 0 unspecified atom stereocenters. The van der Waals surface area contributed by atoms with Crippen molar-refractivity contribution in [2.75, 3.05) is 23.4 Å². The molecule has 0 saturated carbocycles. The molecule has 5 nitrogen and oxygen atoms in total. The van der Waals surface area contributed by atoms with E-state index < -0.39 is 0 Å². The molecule has 1 aliphatic heterocycles. The number of nitrogens with one attached hydrogen (secondary N) is 1. The molecule has 5 heteroatoms. The zero-order valence-electron chi connectivity index (χ0n) is 15.2. The number of amides is 2. The third kappa shape index (κ3) is 4.04. The SMILES string of the molecule is Cc1cccc(C)c1OCCC(=O)Nc1ccccc1N1CCCC1=O. The van der Waals surface area contributed by atoms with Crippen molar-refractivity contribution in [3.63, 3.8) is 0 Å². The maximum atomic E-state index is 12.3. The normalized spacial score (nSPS) is 13.8. The van der Waals surface area contributed by atoms with E-state index in [2.05, 4.69) is 5.32 Å². The predicted octanol–water partition coefficient (Wildman–Crippen LogP) is 3.84. The minimum Gasteiger partial charge on any atom is -0.493 e. The number of nitrogens with zero attached hydrogens (tertiary/aromatic N) is 1. The van der Waals surface area contributed by atoms with Crippen molar-refractivity contribution >= 4 is 23.2 Å². The number of hydrogen-bond donors (Lipinski definition) is 1. The van der Waals surface area contributed by atoms with Crippen molar-refractivity contribution < 1.29 is 14.3 Å². The van der Waals surface area contributed by atoms with Crippen molar-refractivity contribution in [3.05, 3.63) is 53.6 Å². The number of rotatable bonds is 6. The number of carbonyl (C=O) groups excluding carboxylic acids is 2. The van der Waals surface area contributed by atoms with Gasteiger partial charge >= 0.3 is 0 Å². The summed E-state index contributed by atoms with van der Waals surface area (Å²) in [7, 11) is 0. The molecular formula is C21H24N2O3. The summed E-state index contributed by atoms with van der Waals surface area (Å²) in [6.07, 6.45) is 1.66. The Morgan fingerprint density at radius 2 is 1.85 bits per heavy atom. The molecule has 26 heavy (non-hydrogen) atoms. The third-order valence-electron chi connectivity index (χ3n) is 4.53. The Morgan fingerprint density at radius 3 is 2.54 bits per heavy atom. The minimum absolute atomic E-state index is 0.102. The van der Waals surface area contributed by atoms with Gasteiger partial charge in [0.25, 0.3) is 0 Å². The monoisotopic (exact) mass is 352 g/mol. The number of hydrogen-bond acceptors (Lipinski definition) is 3. The summed E-state index contributed by atoms with van der Waals surface area (Å²) < 4.78 is 5.80. The lowest BCUT2D eigenvalue weighted by molar-refractivity contribution is -0.117. The van der Waals surface area contributed by atoms with Gasteiger partial charge in [-0.2, -0.15) is 0 Å². The third-order valence-corrected chi connectivity index (χ3v) is 4.53. The van der Waals surface area contributed by atoms with Crippen molar-refractivity contribution in [2.24, 2.45) is 0 Å². The second kappa shape index (κ2) is 8.04. The van der Waals surface area contributed by atoms with E-state index in [9.17, 15) is 9.59 Å². The van der Waals surface area contributed by atoms with Gasteiger partial charge in [0.15, 0.2) is 0 Å². The maximum Gasteiger partial charge on any atom is 0.227 e. The Bertz CT molecular complexity index is 796. The summed E-state index contributed by atoms with van der Waals surface area (Å²) in [4.78, 5) is 26.1. The zero-order chi connectivity index (χ0) is 18.5. The lowest BCUT2D eigenvalue weighted by Gasteiger charge is -2.20. The molecule has 0 spiro atoms. The zero-order valence-corrected chi connectivity index (χ0v) is 15.2. The van der Waals surface area contributed by atoms with Crippen LogP contribution in [0.5, 0.6) is 5.75 Å². The van der Waals surface area contributed by atoms with Crippen molar-refractivity contribution in [3.8, 4) is 5.75 Å². The fraction of sp³-hybridized carbons (Fsp3) is 0.333. The molecule has 2 aromatic carbocycles. The van der Waals surface area contributed by atoms with E-state index in [1.807, 2.05) is 56.3 Å². The second-order valence-electron chi connectivity index (χ2n) is 6.53. The van der Waals surface area contributed by atoms with Crippen LogP contribution in [-0.4, -0.2) is 25.0 Å². The van der Waals surface area contributed by atoms with Crippen molar-refractivity contribution in [1.29, 1.82) is 0 Å². The molecule has 2 aromatic rings. The van der Waals surface area contributed by atoms with Gasteiger partial charge in [-0.1, -0.05) is 30.3 Å². The van der Waals surface area contributed by atoms with Gasteiger partial charge in [0.2, 0.25) is 11.8 Å². The van der Waals surface area contributed by atoms with E-state index in [0.717, 1.165) is 29.0 Å². The van der Waals surface area contributed by atoms with E-state index in [1.54, 1.807) is 4.90 Å². The topological polar surface area (TPSA) is 58.6 Å². The van der Waals surface area contributed by atoms with Crippen LogP contribution in [-0.2, 0) is 9.59 Å². The number of anilines is 2. The highest BCUT2D eigenvalue weighted by Gasteiger charge is 2.24. The van der Waals surface area contributed by atoms with E-state index in [4.69, 9.17) is 4.74 Å². The van der Waals surface area contributed by atoms with Gasteiger partial charge in [0, 0.05) is 13.0 Å². The van der Waals surface area contributed by atoms with Crippen LogP contribution in [0.1, 0.15) is 30.4 Å². The lowest BCUT2D eigenvalue weighted by Crippen LogP contribution is -2.25. The van der Waals surface area contributed by atoms with Gasteiger partial charge in [-0.05, 0) is 43.5 Å². The van der Waals surface area contributed by atoms with E-state index in [0.29, 0.717) is 25.3 Å². The highest BCUT2D eigenvalue weighted by atomic mass is 16.5. The molecule has 1 N–H and O–H groups in total. The predicted molar refractivity (Wildman–Crippen MR) is 103 cm³/mol. The average molecular weight is 352 g/mol. The summed E-state index contributed by atoms with van der Waals surface area (Å²) in [5.74, 6) is 0.809. The van der Waals surface area contributed by atoms with Gasteiger partial charge in [-0.3, -0.25) is 9.59 Å². The fourth-order valence-electron chi connectivity index (χ4n) is 3.20. The van der Waals surface area contributed by atoms with Crippen molar-refractivity contribution in [1.82, 2.24) is 0 Å². The molecule has 3 rings (SSSR count). The molecular weight excluding hydrogens is 328 g/mol. The summed E-state index contributed by atoms with van der Waals surface area (Å²) in [5, 5.41) is 2.91. The maximum absolute atomic E-state index is 12.3. The van der Waals surface area contributed by atoms with E-state index in [1.165, 1.54) is 0 Å². The standard InChI is InChI=1S/C21H24N2O3/c1-15-7-5-8-16(2)21(15)26-14-12-19(24)22-17-9-3-4-10-18(17)23-13-6-11-20(23)25/h3-5,7-10H,6,11-14H2,1-2H3,(H,22,24). The van der Waals surface area contributed by atoms with Crippen LogP contribution in [0.15, 0.2) is 42.5 Å². The number of para-hydroxylation sites is 3. The Hall–Kier alpha value is -2.82. The largest absolute Gasteiger partial charge is 0.493 e. The number of carbonyl (C=O) groups is 2. The van der Waals surface area contributed by atoms with Crippen LogP contribution < -0.4 is 15.0 Å². The van der Waals surface area contributed by atoms with Gasteiger partial charge in [0.05, 0.1) is 24.4 Å². The molecule has 1 saturated heterocycles. The number of ether oxygens (including phenoxy) is 1. The Morgan fingerprint density at radius 1 is 1.12 bits per heavy atom. The minimum atomic E-state index is -0.129. The van der Waals surface area contributed by atoms with Gasteiger partial charge in [0.1, 0.15) is 5.75 Å². The highest BCUT2D eigenvalue weighted by Crippen LogP contribution is 2.29. The van der Waals surface area contributed by atoms with E-state index >= 15 is 0 Å². The molecule has 0 aromatic heterocycles. The summed E-state index contributed by atoms with van der Waals surface area (Å²) in [6, 6.07) is 13.4. The van der Waals surface area contributed by atoms with Crippen LogP contribution in [0.25, 0.3) is 0 Å². The number of aryl methyl sites for hydroxylation is 2. The molecule has 0 bridgehead atoms. The fourth-order valence-corrected chi connectivity index (χ4v) is 3.20. The molecule has 2 amide bonds. The second-order valence-corrected chi connectivity index (χ2v) is 6.53. The first-order valence-corrected chi connectivity index (χ1v) is 8.94. The Kier molecular flexibility index (Phi) is 5.56. The Labute approximate surface area is 154 Å². The van der Waals surface area contributed by atoms with Crippen LogP contribution in [0.3, 0.4) is 0 Å². The Balaban J connectivity index is 1.60. The molecule has 136 valence electrons. The highest BCUT2D eigenvalue weighted by molar-refractivity contribution is 6.02. The molecule has 0 aliphatic carbocycles. The van der Waals surface area contributed by atoms with Crippen LogP contribution >= 0.6 is 0 Å². The lowest BCUT2D eigenvalue weighted by atomic mass is 10.1. The first-order valence-electron chi connectivity index (χ1n) is 8.94. The van der Waals surface area contributed by atoms with Crippen molar-refractivity contribution in [2.45, 2.75) is 33.1 Å². The first kappa shape index (κ1) is 18.0. The van der Waals surface area contributed by atoms with E-state index in [-0.39, 0.29) is 18.2 Å². The molecule has 0 radical (unpaired) electrons. The van der Waals surface area contributed by atoms with Gasteiger partial charge in [-0.15, -0.1) is 0 Å². The van der Waals surface area contributed by atoms with Crippen LogP contribution in [0.2, 0.25) is 0 Å². The number of benzene rings is 2. The quantitative estimate of drug-likeness (QED) is 0.859. The van der Waals surface area contributed by atoms with Crippen LogP contribution in [0, 0.1) is 13.8 Å². The summed E-state index contributed by atoms with van der Waals surface area (Å²) in [6.45, 7) is 4.99. The van der Waals surface area contributed by atoms with Crippen LogP contribution in [0.4, 0.5) is 11.4 Å². The van der Waals surface area contributed by atoms with Gasteiger partial charge < -0.3 is 15.0 Å².